The number of nitrogens with zero attached hydrogens (tertiary/aromatic N) is 1. The van der Waals surface area contributed by atoms with Crippen LogP contribution in [0.15, 0.2) is 24.3 Å². The Balaban J connectivity index is 2.08. The van der Waals surface area contributed by atoms with Gasteiger partial charge in [-0.15, -0.1) is 0 Å². The molecule has 0 saturated heterocycles. The van der Waals surface area contributed by atoms with Crippen LogP contribution in [0.1, 0.15) is 36.7 Å². The maximum atomic E-state index is 12.2. The van der Waals surface area contributed by atoms with Crippen LogP contribution in [0.5, 0.6) is 0 Å². The molecular formula is C15H19NO4. The Morgan fingerprint density at radius 3 is 2.70 bits per heavy atom. The van der Waals surface area contributed by atoms with E-state index in [4.69, 9.17) is 4.74 Å². The van der Waals surface area contributed by atoms with Crippen molar-refractivity contribution in [1.82, 2.24) is 4.90 Å². The number of hydrogen-bond donors (Lipinski definition) is 1. The largest absolute Gasteiger partial charge is 0.461 e. The molecule has 1 amide bonds. The highest BCUT2D eigenvalue weighted by Crippen LogP contribution is 2.24. The van der Waals surface area contributed by atoms with Crippen molar-refractivity contribution in [2.24, 2.45) is 0 Å². The first-order valence-electron chi connectivity index (χ1n) is 6.62. The molecule has 0 bridgehead atoms. The number of carbonyl (C=O) groups is 2. The van der Waals surface area contributed by atoms with Crippen molar-refractivity contribution in [2.75, 3.05) is 6.54 Å². The molecule has 0 unspecified atom stereocenters. The van der Waals surface area contributed by atoms with Crippen LogP contribution in [0.25, 0.3) is 0 Å². The minimum absolute atomic E-state index is 0.0773. The van der Waals surface area contributed by atoms with E-state index in [2.05, 4.69) is 0 Å². The topological polar surface area (TPSA) is 66.8 Å². The fourth-order valence-corrected chi connectivity index (χ4v) is 2.22. The van der Waals surface area contributed by atoms with Crippen LogP contribution in [0.2, 0.25) is 0 Å². The molecule has 1 aliphatic rings. The second kappa shape index (κ2) is 5.25. The summed E-state index contributed by atoms with van der Waals surface area (Å²) in [5, 5.41) is 10.2. The zero-order valence-corrected chi connectivity index (χ0v) is 11.9. The lowest BCUT2D eigenvalue weighted by molar-refractivity contribution is -0.168. The molecule has 1 heterocycles. The minimum atomic E-state index is -1.71. The van der Waals surface area contributed by atoms with Gasteiger partial charge in [0.2, 0.25) is 0 Å². The van der Waals surface area contributed by atoms with Crippen molar-refractivity contribution in [2.45, 2.75) is 39.0 Å². The lowest BCUT2D eigenvalue weighted by Crippen LogP contribution is -2.48. The number of esters is 1. The summed E-state index contributed by atoms with van der Waals surface area (Å²) in [7, 11) is 0. The smallest absolute Gasteiger partial charge is 0.339 e. The van der Waals surface area contributed by atoms with Gasteiger partial charge in [0.05, 0.1) is 12.6 Å². The lowest BCUT2D eigenvalue weighted by atomic mass is 10.1. The summed E-state index contributed by atoms with van der Waals surface area (Å²) in [4.78, 5) is 25.5. The van der Waals surface area contributed by atoms with Crippen LogP contribution >= 0.6 is 0 Å². The van der Waals surface area contributed by atoms with Gasteiger partial charge in [0.1, 0.15) is 0 Å². The standard InChI is InChI=1S/C15H19NO4/c1-10(2)20-14(18)15(3,19)9-16-8-11-6-4-5-7-12(11)13(16)17/h4-7,10,19H,8-9H2,1-3H3/t15-/m0/s1. The first kappa shape index (κ1) is 14.5. The van der Waals surface area contributed by atoms with E-state index in [-0.39, 0.29) is 18.6 Å². The fraction of sp³-hybridized carbons (Fsp3) is 0.467. The number of rotatable bonds is 4. The monoisotopic (exact) mass is 277 g/mol. The predicted octanol–water partition coefficient (Wildman–Crippen LogP) is 1.34. The Hall–Kier alpha value is -1.88. The molecule has 2 rings (SSSR count). The van der Waals surface area contributed by atoms with Gasteiger partial charge >= 0.3 is 5.97 Å². The molecule has 0 spiro atoms. The van der Waals surface area contributed by atoms with Gasteiger partial charge in [0.15, 0.2) is 5.60 Å². The Morgan fingerprint density at radius 1 is 1.45 bits per heavy atom. The molecule has 0 aromatic heterocycles. The number of amides is 1. The molecule has 5 nitrogen and oxygen atoms in total. The van der Waals surface area contributed by atoms with Crippen molar-refractivity contribution >= 4 is 11.9 Å². The predicted molar refractivity (Wildman–Crippen MR) is 73.0 cm³/mol. The van der Waals surface area contributed by atoms with E-state index < -0.39 is 11.6 Å². The molecule has 0 radical (unpaired) electrons. The van der Waals surface area contributed by atoms with Crippen LogP contribution in [0.3, 0.4) is 0 Å². The Bertz CT molecular complexity index is 536. The molecule has 0 aliphatic carbocycles. The van der Waals surface area contributed by atoms with Crippen LogP contribution in [-0.4, -0.2) is 40.1 Å². The fourth-order valence-electron chi connectivity index (χ4n) is 2.22. The first-order chi connectivity index (χ1) is 9.31. The molecule has 1 atom stereocenters. The van der Waals surface area contributed by atoms with Gasteiger partial charge in [-0.25, -0.2) is 4.79 Å². The summed E-state index contributed by atoms with van der Waals surface area (Å²) >= 11 is 0. The molecule has 1 aromatic carbocycles. The summed E-state index contributed by atoms with van der Waals surface area (Å²) < 4.78 is 5.01. The zero-order chi connectivity index (χ0) is 14.9. The Kier molecular flexibility index (Phi) is 3.81. The number of β-amino-alcohol motifs (C(OH)–C–C–N with tert-alkyl or cyclic N) is 1. The van der Waals surface area contributed by atoms with E-state index in [9.17, 15) is 14.7 Å². The highest BCUT2D eigenvalue weighted by molar-refractivity contribution is 5.98. The van der Waals surface area contributed by atoms with E-state index >= 15 is 0 Å². The number of ether oxygens (including phenoxy) is 1. The minimum Gasteiger partial charge on any atom is -0.461 e. The molecule has 108 valence electrons. The quantitative estimate of drug-likeness (QED) is 0.843. The van der Waals surface area contributed by atoms with E-state index in [1.807, 2.05) is 12.1 Å². The van der Waals surface area contributed by atoms with Gasteiger partial charge in [0, 0.05) is 12.1 Å². The summed E-state index contributed by atoms with van der Waals surface area (Å²) in [5.74, 6) is -0.880. The summed E-state index contributed by atoms with van der Waals surface area (Å²) in [6.45, 7) is 5.12. The second-order valence-electron chi connectivity index (χ2n) is 5.55. The van der Waals surface area contributed by atoms with E-state index in [0.717, 1.165) is 5.56 Å². The number of fused-ring (bicyclic) bond motifs is 1. The summed E-state index contributed by atoms with van der Waals surface area (Å²) in [6, 6.07) is 7.28. The van der Waals surface area contributed by atoms with Gasteiger partial charge in [-0.05, 0) is 32.4 Å². The molecule has 1 N–H and O–H groups in total. The summed E-state index contributed by atoms with van der Waals surface area (Å²) in [5.41, 5.74) is -0.173. The van der Waals surface area contributed by atoms with Crippen LogP contribution in [0.4, 0.5) is 0 Å². The third-order valence-corrected chi connectivity index (χ3v) is 3.18. The lowest BCUT2D eigenvalue weighted by Gasteiger charge is -2.27. The average molecular weight is 277 g/mol. The first-order valence-corrected chi connectivity index (χ1v) is 6.62. The Labute approximate surface area is 118 Å². The van der Waals surface area contributed by atoms with Gasteiger partial charge < -0.3 is 14.7 Å². The molecule has 0 saturated carbocycles. The van der Waals surface area contributed by atoms with Crippen LogP contribution < -0.4 is 0 Å². The number of hydrogen-bond acceptors (Lipinski definition) is 4. The zero-order valence-electron chi connectivity index (χ0n) is 11.9. The highest BCUT2D eigenvalue weighted by Gasteiger charge is 2.39. The maximum Gasteiger partial charge on any atom is 0.339 e. The van der Waals surface area contributed by atoms with Gasteiger partial charge in [-0.1, -0.05) is 18.2 Å². The molecule has 1 aliphatic heterocycles. The van der Waals surface area contributed by atoms with Crippen LogP contribution in [0, 0.1) is 0 Å². The third kappa shape index (κ3) is 2.82. The van der Waals surface area contributed by atoms with Crippen molar-refractivity contribution in [3.05, 3.63) is 35.4 Å². The van der Waals surface area contributed by atoms with E-state index in [1.165, 1.54) is 11.8 Å². The average Bonchev–Trinajstić information content (AvgIpc) is 2.65. The van der Waals surface area contributed by atoms with Gasteiger partial charge in [-0.3, -0.25) is 4.79 Å². The second-order valence-corrected chi connectivity index (χ2v) is 5.55. The number of carbonyl (C=O) groups excluding carboxylic acids is 2. The molecule has 5 heteroatoms. The van der Waals surface area contributed by atoms with Gasteiger partial charge in [0.25, 0.3) is 5.91 Å². The number of benzene rings is 1. The van der Waals surface area contributed by atoms with Gasteiger partial charge in [-0.2, -0.15) is 0 Å². The maximum absolute atomic E-state index is 12.2. The van der Waals surface area contributed by atoms with Crippen LogP contribution in [-0.2, 0) is 16.1 Å². The Morgan fingerprint density at radius 2 is 2.10 bits per heavy atom. The molecular weight excluding hydrogens is 258 g/mol. The van der Waals surface area contributed by atoms with Crippen molar-refractivity contribution < 1.29 is 19.4 Å². The normalized spacial score (nSPS) is 17.1. The highest BCUT2D eigenvalue weighted by atomic mass is 16.6. The van der Waals surface area contributed by atoms with Crippen molar-refractivity contribution in [1.29, 1.82) is 0 Å². The molecule has 1 aromatic rings. The van der Waals surface area contributed by atoms with Crippen molar-refractivity contribution in [3.8, 4) is 0 Å². The number of aliphatic hydroxyl groups is 1. The van der Waals surface area contributed by atoms with Crippen molar-refractivity contribution in [3.63, 3.8) is 0 Å². The SMILES string of the molecule is CC(C)OC(=O)[C@@](C)(O)CN1Cc2ccccc2C1=O. The van der Waals surface area contributed by atoms with E-state index in [0.29, 0.717) is 12.1 Å². The summed E-state index contributed by atoms with van der Waals surface area (Å²) in [6.07, 6.45) is -0.305. The molecule has 0 fully saturated rings. The van der Waals surface area contributed by atoms with E-state index in [1.54, 1.807) is 26.0 Å². The molecule has 20 heavy (non-hydrogen) atoms. The third-order valence-electron chi connectivity index (χ3n) is 3.18.